The Balaban J connectivity index is 2.17. The third kappa shape index (κ3) is 4.17. The molecule has 20 heavy (non-hydrogen) atoms. The highest BCUT2D eigenvalue weighted by molar-refractivity contribution is 7.52. The number of hydrogen-bond acceptors (Lipinski definition) is 2. The van der Waals surface area contributed by atoms with E-state index in [-0.39, 0.29) is 0 Å². The Morgan fingerprint density at radius 3 is 2.20 bits per heavy atom. The van der Waals surface area contributed by atoms with Gasteiger partial charge in [-0.3, -0.25) is 9.88 Å². The van der Waals surface area contributed by atoms with E-state index in [0.29, 0.717) is 17.1 Å². The molecule has 2 aromatic carbocycles. The van der Waals surface area contributed by atoms with Crippen LogP contribution in [-0.4, -0.2) is 9.79 Å². The van der Waals surface area contributed by atoms with Crippen LogP contribution >= 0.6 is 19.2 Å². The van der Waals surface area contributed by atoms with Gasteiger partial charge < -0.3 is 9.79 Å². The number of hydrogen-bond donors (Lipinski definition) is 3. The summed E-state index contributed by atoms with van der Waals surface area (Å²) in [5.41, 5.74) is 1.47. The minimum atomic E-state index is -4.30. The molecular weight excluding hydrogens is 297 g/mol. The largest absolute Gasteiger partial charge is 0.346 e. The normalized spacial score (nSPS) is 13.2. The van der Waals surface area contributed by atoms with E-state index in [4.69, 9.17) is 11.6 Å². The Bertz CT molecular complexity index is 598. The van der Waals surface area contributed by atoms with E-state index in [1.165, 1.54) is 0 Å². The summed E-state index contributed by atoms with van der Waals surface area (Å²) < 4.78 is 11.6. The summed E-state index contributed by atoms with van der Waals surface area (Å²) >= 11 is 5.79. The fraction of sp³-hybridized carbons (Fsp3) is 0.143. The Morgan fingerprint density at radius 2 is 1.65 bits per heavy atom. The number of rotatable bonds is 5. The van der Waals surface area contributed by atoms with Gasteiger partial charge in [-0.05, 0) is 23.3 Å². The predicted octanol–water partition coefficient (Wildman–Crippen LogP) is 3.31. The summed E-state index contributed by atoms with van der Waals surface area (Å²) in [4.78, 5) is 19.0. The van der Waals surface area contributed by atoms with Gasteiger partial charge in [0.2, 0.25) is 0 Å². The molecule has 0 aliphatic carbocycles. The molecule has 0 aromatic heterocycles. The van der Waals surface area contributed by atoms with Gasteiger partial charge in [-0.25, -0.2) is 0 Å². The fourth-order valence-electron chi connectivity index (χ4n) is 1.89. The summed E-state index contributed by atoms with van der Waals surface area (Å²) in [7, 11) is -4.30. The summed E-state index contributed by atoms with van der Waals surface area (Å²) in [6.07, 6.45) is 0. The van der Waals surface area contributed by atoms with Crippen LogP contribution in [0.1, 0.15) is 16.9 Å². The Morgan fingerprint density at radius 1 is 1.05 bits per heavy atom. The smallest absolute Gasteiger partial charge is 0.323 e. The van der Waals surface area contributed by atoms with Crippen molar-refractivity contribution in [2.24, 2.45) is 0 Å². The minimum Gasteiger partial charge on any atom is -0.323 e. The molecule has 6 heteroatoms. The van der Waals surface area contributed by atoms with Gasteiger partial charge in [0.05, 0.1) is 0 Å². The molecule has 0 fully saturated rings. The van der Waals surface area contributed by atoms with E-state index in [1.807, 2.05) is 30.3 Å². The van der Waals surface area contributed by atoms with Crippen LogP contribution in [0.4, 0.5) is 0 Å². The van der Waals surface area contributed by atoms with E-state index in [9.17, 15) is 14.4 Å². The van der Waals surface area contributed by atoms with E-state index in [1.54, 1.807) is 24.3 Å². The first-order chi connectivity index (χ1) is 9.47. The van der Waals surface area contributed by atoms with Gasteiger partial charge in [-0.15, -0.1) is 0 Å². The molecule has 2 rings (SSSR count). The molecule has 0 saturated carbocycles. The van der Waals surface area contributed by atoms with E-state index >= 15 is 0 Å². The van der Waals surface area contributed by atoms with Crippen LogP contribution in [0.2, 0.25) is 5.02 Å². The fourth-order valence-corrected chi connectivity index (χ4v) is 2.90. The lowest BCUT2D eigenvalue weighted by Crippen LogP contribution is -2.21. The molecule has 0 bridgehead atoms. The second-order valence-electron chi connectivity index (χ2n) is 4.41. The molecule has 0 heterocycles. The average molecular weight is 312 g/mol. The molecule has 2 aromatic rings. The van der Waals surface area contributed by atoms with E-state index in [0.717, 1.165) is 5.56 Å². The third-order valence-electron chi connectivity index (χ3n) is 2.86. The summed E-state index contributed by atoms with van der Waals surface area (Å²) in [6.45, 7) is 0.374. The van der Waals surface area contributed by atoms with Crippen LogP contribution in [0.5, 0.6) is 0 Å². The number of benzene rings is 2. The Labute approximate surface area is 122 Å². The lowest BCUT2D eigenvalue weighted by atomic mass is 10.2. The molecule has 4 nitrogen and oxygen atoms in total. The third-order valence-corrected chi connectivity index (χ3v) is 4.27. The molecular formula is C14H15ClNO3P. The van der Waals surface area contributed by atoms with Gasteiger partial charge in [-0.1, -0.05) is 54.1 Å². The zero-order valence-electron chi connectivity index (χ0n) is 10.6. The molecule has 3 N–H and O–H groups in total. The molecule has 1 atom stereocenters. The summed E-state index contributed by atoms with van der Waals surface area (Å²) in [6, 6.07) is 15.9. The van der Waals surface area contributed by atoms with Gasteiger partial charge >= 0.3 is 7.60 Å². The monoisotopic (exact) mass is 311 g/mol. The highest BCUT2D eigenvalue weighted by Crippen LogP contribution is 2.50. The van der Waals surface area contributed by atoms with Crippen LogP contribution in [0.15, 0.2) is 54.6 Å². The van der Waals surface area contributed by atoms with Crippen LogP contribution in [-0.2, 0) is 11.1 Å². The minimum absolute atomic E-state index is 0.374. The zero-order chi connectivity index (χ0) is 14.6. The lowest BCUT2D eigenvalue weighted by molar-refractivity contribution is 0.347. The zero-order valence-corrected chi connectivity index (χ0v) is 12.3. The molecule has 0 saturated heterocycles. The van der Waals surface area contributed by atoms with Crippen LogP contribution < -0.4 is 5.32 Å². The maximum atomic E-state index is 11.6. The molecule has 0 unspecified atom stereocenters. The molecule has 0 aliphatic rings. The van der Waals surface area contributed by atoms with Crippen molar-refractivity contribution < 1.29 is 14.4 Å². The highest BCUT2D eigenvalue weighted by Gasteiger charge is 2.29. The first kappa shape index (κ1) is 15.2. The van der Waals surface area contributed by atoms with Gasteiger partial charge in [0, 0.05) is 11.6 Å². The molecule has 0 amide bonds. The summed E-state index contributed by atoms with van der Waals surface area (Å²) in [5.74, 6) is -1.04. The second kappa shape index (κ2) is 6.53. The van der Waals surface area contributed by atoms with Crippen molar-refractivity contribution in [3.63, 3.8) is 0 Å². The highest BCUT2D eigenvalue weighted by atomic mass is 35.5. The van der Waals surface area contributed by atoms with Crippen LogP contribution in [0.25, 0.3) is 0 Å². The second-order valence-corrected chi connectivity index (χ2v) is 6.54. The van der Waals surface area contributed by atoms with Crippen molar-refractivity contribution in [3.05, 3.63) is 70.7 Å². The molecule has 0 spiro atoms. The quantitative estimate of drug-likeness (QED) is 0.741. The topological polar surface area (TPSA) is 69.6 Å². The maximum absolute atomic E-state index is 11.6. The van der Waals surface area contributed by atoms with E-state index < -0.39 is 13.4 Å². The lowest BCUT2D eigenvalue weighted by Gasteiger charge is -2.20. The van der Waals surface area contributed by atoms with Crippen molar-refractivity contribution in [1.29, 1.82) is 0 Å². The maximum Gasteiger partial charge on any atom is 0.346 e. The first-order valence-electron chi connectivity index (χ1n) is 6.05. The van der Waals surface area contributed by atoms with Crippen LogP contribution in [0, 0.1) is 0 Å². The van der Waals surface area contributed by atoms with Gasteiger partial charge in [-0.2, -0.15) is 0 Å². The van der Waals surface area contributed by atoms with Crippen LogP contribution in [0.3, 0.4) is 0 Å². The van der Waals surface area contributed by atoms with E-state index in [2.05, 4.69) is 5.32 Å². The predicted molar refractivity (Wildman–Crippen MR) is 79.5 cm³/mol. The average Bonchev–Trinajstić information content (AvgIpc) is 2.41. The number of nitrogens with one attached hydrogen (secondary N) is 1. The molecule has 0 aliphatic heterocycles. The standard InChI is InChI=1S/C14H15ClNO3P/c15-13-8-6-12(7-9-13)14(20(17,18)19)16-10-11-4-2-1-3-5-11/h1-9,14,16H,10H2,(H2,17,18,19)/t14-/m0/s1. The number of halogens is 1. The van der Waals surface area contributed by atoms with Crippen molar-refractivity contribution in [1.82, 2.24) is 5.32 Å². The van der Waals surface area contributed by atoms with Crippen molar-refractivity contribution >= 4 is 19.2 Å². The Hall–Kier alpha value is -1.16. The molecule has 106 valence electrons. The Kier molecular flexibility index (Phi) is 4.97. The SMILES string of the molecule is O=P(O)(O)[C@H](NCc1ccccc1)c1ccc(Cl)cc1. The van der Waals surface area contributed by atoms with Crippen molar-refractivity contribution in [2.45, 2.75) is 12.3 Å². The van der Waals surface area contributed by atoms with Crippen molar-refractivity contribution in [3.8, 4) is 0 Å². The van der Waals surface area contributed by atoms with Crippen molar-refractivity contribution in [2.75, 3.05) is 0 Å². The summed E-state index contributed by atoms with van der Waals surface area (Å²) in [5, 5.41) is 3.43. The molecule has 0 radical (unpaired) electrons. The van der Waals surface area contributed by atoms with Gasteiger partial charge in [0.15, 0.2) is 0 Å². The van der Waals surface area contributed by atoms with Gasteiger partial charge in [0.1, 0.15) is 5.78 Å². The van der Waals surface area contributed by atoms with Gasteiger partial charge in [0.25, 0.3) is 0 Å². The first-order valence-corrected chi connectivity index (χ1v) is 8.11.